The number of hydrogen-bond donors (Lipinski definition) is 1. The van der Waals surface area contributed by atoms with Gasteiger partial charge in [-0.2, -0.15) is 0 Å². The van der Waals surface area contributed by atoms with E-state index in [1.54, 1.807) is 6.07 Å². The lowest BCUT2D eigenvalue weighted by Crippen LogP contribution is -2.18. The minimum atomic E-state index is -0.281. The highest BCUT2D eigenvalue weighted by Gasteiger charge is 2.10. The normalized spacial score (nSPS) is 10.4. The van der Waals surface area contributed by atoms with Crippen LogP contribution >= 0.6 is 0 Å². The maximum absolute atomic E-state index is 13.9. The van der Waals surface area contributed by atoms with E-state index in [9.17, 15) is 4.39 Å². The number of anilines is 2. The second kappa shape index (κ2) is 5.08. The van der Waals surface area contributed by atoms with Crippen molar-refractivity contribution in [3.05, 3.63) is 59.4 Å². The average Bonchev–Trinajstić information content (AvgIpc) is 2.35. The zero-order valence-electron chi connectivity index (χ0n) is 10.7. The van der Waals surface area contributed by atoms with Crippen molar-refractivity contribution in [2.75, 3.05) is 17.7 Å². The zero-order valence-corrected chi connectivity index (χ0v) is 10.7. The summed E-state index contributed by atoms with van der Waals surface area (Å²) in [6.07, 6.45) is 0. The van der Waals surface area contributed by atoms with Gasteiger partial charge in [0, 0.05) is 19.3 Å². The third kappa shape index (κ3) is 2.62. The van der Waals surface area contributed by atoms with E-state index < -0.39 is 0 Å². The first kappa shape index (κ1) is 12.4. The van der Waals surface area contributed by atoms with E-state index in [0.29, 0.717) is 17.9 Å². The Morgan fingerprint density at radius 2 is 1.83 bits per heavy atom. The molecule has 0 radical (unpaired) electrons. The summed E-state index contributed by atoms with van der Waals surface area (Å²) in [7, 11) is 1.88. The van der Waals surface area contributed by atoms with Gasteiger partial charge in [-0.1, -0.05) is 30.3 Å². The van der Waals surface area contributed by atoms with Crippen LogP contribution in [-0.4, -0.2) is 7.05 Å². The number of nitrogens with two attached hydrogens (primary N) is 1. The van der Waals surface area contributed by atoms with Crippen LogP contribution in [0.15, 0.2) is 42.5 Å². The number of aryl methyl sites for hydroxylation is 1. The van der Waals surface area contributed by atoms with E-state index in [2.05, 4.69) is 0 Å². The van der Waals surface area contributed by atoms with Crippen LogP contribution in [0.4, 0.5) is 15.8 Å². The third-order valence-corrected chi connectivity index (χ3v) is 3.01. The lowest BCUT2D eigenvalue weighted by atomic mass is 10.1. The molecular weight excluding hydrogens is 227 g/mol. The second-order valence-corrected chi connectivity index (χ2v) is 4.50. The molecule has 3 heteroatoms. The number of halogens is 1. The highest BCUT2D eigenvalue weighted by Crippen LogP contribution is 2.25. The van der Waals surface area contributed by atoms with Gasteiger partial charge in [0.05, 0.1) is 5.69 Å². The molecule has 2 aromatic carbocycles. The fraction of sp³-hybridized carbons (Fsp3) is 0.200. The molecule has 0 aliphatic heterocycles. The van der Waals surface area contributed by atoms with Crippen LogP contribution in [0.25, 0.3) is 0 Å². The number of rotatable bonds is 3. The van der Waals surface area contributed by atoms with Crippen molar-refractivity contribution in [2.45, 2.75) is 13.5 Å². The van der Waals surface area contributed by atoms with Crippen molar-refractivity contribution in [1.82, 2.24) is 0 Å². The summed E-state index contributed by atoms with van der Waals surface area (Å²) in [6.45, 7) is 2.55. The van der Waals surface area contributed by atoms with Gasteiger partial charge in [0.15, 0.2) is 0 Å². The lowest BCUT2D eigenvalue weighted by molar-refractivity contribution is 0.622. The Kier molecular flexibility index (Phi) is 3.51. The molecule has 0 fully saturated rings. The molecule has 2 nitrogen and oxygen atoms in total. The standard InChI is InChI=1S/C15H17FN2/c1-11-8-15(13(16)9-14(11)17)18(2)10-12-6-4-3-5-7-12/h3-9H,10,17H2,1-2H3. The van der Waals surface area contributed by atoms with E-state index in [4.69, 9.17) is 5.73 Å². The molecule has 0 aliphatic carbocycles. The predicted molar refractivity (Wildman–Crippen MR) is 74.1 cm³/mol. The van der Waals surface area contributed by atoms with Gasteiger partial charge in [-0.05, 0) is 30.2 Å². The molecular formula is C15H17FN2. The van der Waals surface area contributed by atoms with Crippen LogP contribution in [0.2, 0.25) is 0 Å². The molecule has 0 aromatic heterocycles. The first-order valence-corrected chi connectivity index (χ1v) is 5.88. The van der Waals surface area contributed by atoms with Crippen molar-refractivity contribution >= 4 is 11.4 Å². The molecule has 0 spiro atoms. The summed E-state index contributed by atoms with van der Waals surface area (Å²) in [5, 5.41) is 0. The molecule has 0 bridgehead atoms. The van der Waals surface area contributed by atoms with Crippen LogP contribution in [-0.2, 0) is 6.54 Å². The van der Waals surface area contributed by atoms with Gasteiger partial charge in [-0.3, -0.25) is 0 Å². The molecule has 2 aromatic rings. The fourth-order valence-electron chi connectivity index (χ4n) is 1.92. The second-order valence-electron chi connectivity index (χ2n) is 4.50. The van der Waals surface area contributed by atoms with E-state index in [1.807, 2.05) is 49.2 Å². The minimum Gasteiger partial charge on any atom is -0.398 e. The van der Waals surface area contributed by atoms with Gasteiger partial charge in [0.2, 0.25) is 0 Å². The van der Waals surface area contributed by atoms with E-state index in [-0.39, 0.29) is 5.82 Å². The maximum atomic E-state index is 13.9. The largest absolute Gasteiger partial charge is 0.398 e. The van der Waals surface area contributed by atoms with Crippen LogP contribution < -0.4 is 10.6 Å². The maximum Gasteiger partial charge on any atom is 0.148 e. The molecule has 0 saturated heterocycles. The minimum absolute atomic E-state index is 0.281. The van der Waals surface area contributed by atoms with E-state index in [0.717, 1.165) is 11.1 Å². The Bertz CT molecular complexity index is 538. The molecule has 18 heavy (non-hydrogen) atoms. The lowest BCUT2D eigenvalue weighted by Gasteiger charge is -2.21. The Morgan fingerprint density at radius 1 is 1.17 bits per heavy atom. The number of hydrogen-bond acceptors (Lipinski definition) is 2. The molecule has 0 atom stereocenters. The molecule has 0 unspecified atom stereocenters. The van der Waals surface area contributed by atoms with Crippen LogP contribution in [0, 0.1) is 12.7 Å². The highest BCUT2D eigenvalue weighted by molar-refractivity contribution is 5.59. The molecule has 2 rings (SSSR count). The smallest absolute Gasteiger partial charge is 0.148 e. The number of nitrogens with zero attached hydrogens (tertiary/aromatic N) is 1. The van der Waals surface area contributed by atoms with E-state index >= 15 is 0 Å². The summed E-state index contributed by atoms with van der Waals surface area (Å²) in [4.78, 5) is 1.89. The average molecular weight is 244 g/mol. The van der Waals surface area contributed by atoms with Gasteiger partial charge in [0.25, 0.3) is 0 Å². The molecule has 2 N–H and O–H groups in total. The molecule has 0 amide bonds. The van der Waals surface area contributed by atoms with Crippen molar-refractivity contribution in [3.63, 3.8) is 0 Å². The van der Waals surface area contributed by atoms with Crippen LogP contribution in [0.3, 0.4) is 0 Å². The monoisotopic (exact) mass is 244 g/mol. The van der Waals surface area contributed by atoms with E-state index in [1.165, 1.54) is 6.07 Å². The molecule has 94 valence electrons. The van der Waals surface area contributed by atoms with Crippen molar-refractivity contribution in [2.24, 2.45) is 0 Å². The molecule has 0 saturated carbocycles. The Morgan fingerprint density at radius 3 is 2.50 bits per heavy atom. The zero-order chi connectivity index (χ0) is 13.1. The summed E-state index contributed by atoms with van der Waals surface area (Å²) in [5.74, 6) is -0.281. The summed E-state index contributed by atoms with van der Waals surface area (Å²) in [6, 6.07) is 13.1. The van der Waals surface area contributed by atoms with Crippen molar-refractivity contribution < 1.29 is 4.39 Å². The van der Waals surface area contributed by atoms with Crippen LogP contribution in [0.1, 0.15) is 11.1 Å². The fourth-order valence-corrected chi connectivity index (χ4v) is 1.92. The summed E-state index contributed by atoms with van der Waals surface area (Å²) >= 11 is 0. The summed E-state index contributed by atoms with van der Waals surface area (Å²) in [5.41, 5.74) is 8.79. The van der Waals surface area contributed by atoms with Gasteiger partial charge >= 0.3 is 0 Å². The Balaban J connectivity index is 2.24. The highest BCUT2D eigenvalue weighted by atomic mass is 19.1. The number of nitrogen functional groups attached to an aromatic ring is 1. The summed E-state index contributed by atoms with van der Waals surface area (Å²) < 4.78 is 13.9. The van der Waals surface area contributed by atoms with Crippen molar-refractivity contribution in [3.8, 4) is 0 Å². The molecule has 0 heterocycles. The van der Waals surface area contributed by atoms with Gasteiger partial charge < -0.3 is 10.6 Å². The number of benzene rings is 2. The predicted octanol–water partition coefficient (Wildman–Crippen LogP) is 3.35. The Hall–Kier alpha value is -2.03. The SMILES string of the molecule is Cc1cc(N(C)Cc2ccccc2)c(F)cc1N. The van der Waals surface area contributed by atoms with Gasteiger partial charge in [-0.15, -0.1) is 0 Å². The quantitative estimate of drug-likeness (QED) is 0.839. The first-order chi connectivity index (χ1) is 8.58. The van der Waals surface area contributed by atoms with Gasteiger partial charge in [0.1, 0.15) is 5.82 Å². The van der Waals surface area contributed by atoms with Crippen LogP contribution in [0.5, 0.6) is 0 Å². The molecule has 0 aliphatic rings. The third-order valence-electron chi connectivity index (χ3n) is 3.01. The Labute approximate surface area is 107 Å². The topological polar surface area (TPSA) is 29.3 Å². The first-order valence-electron chi connectivity index (χ1n) is 5.88. The van der Waals surface area contributed by atoms with Crippen molar-refractivity contribution in [1.29, 1.82) is 0 Å². The van der Waals surface area contributed by atoms with Gasteiger partial charge in [-0.25, -0.2) is 4.39 Å².